The van der Waals surface area contributed by atoms with Crippen LogP contribution in [0.2, 0.25) is 0 Å². The minimum atomic E-state index is 0.258. The molecule has 0 aliphatic carbocycles. The lowest BCUT2D eigenvalue weighted by Crippen LogP contribution is -1.90. The maximum atomic E-state index is 5.49. The molecule has 1 aromatic carbocycles. The summed E-state index contributed by atoms with van der Waals surface area (Å²) in [6.07, 6.45) is 1.72. The Kier molecular flexibility index (Phi) is 3.62. The monoisotopic (exact) mass is 305 g/mol. The van der Waals surface area contributed by atoms with Crippen LogP contribution in [0.25, 0.3) is 21.3 Å². The van der Waals surface area contributed by atoms with Crippen LogP contribution < -0.4 is 4.74 Å². The molecular weight excluding hydrogens is 294 g/mol. The Balaban J connectivity index is 1.93. The van der Waals surface area contributed by atoms with Crippen molar-refractivity contribution >= 4 is 23.6 Å². The molecule has 0 aliphatic heterocycles. The van der Waals surface area contributed by atoms with Crippen molar-refractivity contribution in [3.63, 3.8) is 0 Å². The predicted molar refractivity (Wildman–Crippen MR) is 79.4 cm³/mol. The Bertz CT molecular complexity index is 776. The summed E-state index contributed by atoms with van der Waals surface area (Å²) >= 11 is 6.35. The molecule has 102 valence electrons. The highest BCUT2D eigenvalue weighted by Crippen LogP contribution is 2.32. The minimum absolute atomic E-state index is 0.258. The molecular formula is C13H11N3O2S2. The minimum Gasteiger partial charge on any atom is -0.494 e. The molecule has 0 fully saturated rings. The topological polar surface area (TPSA) is 63.9 Å². The van der Waals surface area contributed by atoms with Gasteiger partial charge in [-0.15, -0.1) is 16.4 Å². The number of nitrogens with one attached hydrogen (secondary N) is 1. The van der Waals surface area contributed by atoms with Crippen LogP contribution in [0.5, 0.6) is 5.75 Å². The van der Waals surface area contributed by atoms with E-state index in [1.165, 1.54) is 11.3 Å². The van der Waals surface area contributed by atoms with Crippen molar-refractivity contribution in [2.24, 2.45) is 0 Å². The van der Waals surface area contributed by atoms with E-state index in [2.05, 4.69) is 15.2 Å². The molecule has 0 bridgehead atoms. The fourth-order valence-electron chi connectivity index (χ4n) is 1.73. The lowest BCUT2D eigenvalue weighted by Gasteiger charge is -2.03. The highest BCUT2D eigenvalue weighted by Gasteiger charge is 2.11. The van der Waals surface area contributed by atoms with Gasteiger partial charge in [0.25, 0.3) is 10.7 Å². The Morgan fingerprint density at radius 3 is 3.10 bits per heavy atom. The summed E-state index contributed by atoms with van der Waals surface area (Å²) in [7, 11) is 0. The van der Waals surface area contributed by atoms with Crippen LogP contribution in [0.15, 0.2) is 34.9 Å². The van der Waals surface area contributed by atoms with E-state index in [1.54, 1.807) is 6.20 Å². The number of ether oxygens (including phenoxy) is 1. The Morgan fingerprint density at radius 1 is 1.45 bits per heavy atom. The number of hydrogen-bond acceptors (Lipinski definition) is 6. The lowest BCUT2D eigenvalue weighted by molar-refractivity contribution is 0.340. The van der Waals surface area contributed by atoms with Crippen LogP contribution in [0, 0.1) is 4.84 Å². The average Bonchev–Trinajstić information content (AvgIpc) is 3.08. The van der Waals surface area contributed by atoms with Crippen LogP contribution in [-0.4, -0.2) is 21.8 Å². The van der Waals surface area contributed by atoms with E-state index in [4.69, 9.17) is 21.4 Å². The van der Waals surface area contributed by atoms with Crippen molar-refractivity contribution in [2.45, 2.75) is 6.92 Å². The maximum absolute atomic E-state index is 5.49. The van der Waals surface area contributed by atoms with Crippen molar-refractivity contribution in [3.8, 4) is 27.1 Å². The number of aromatic amines is 1. The van der Waals surface area contributed by atoms with Gasteiger partial charge in [-0.1, -0.05) is 12.1 Å². The van der Waals surface area contributed by atoms with Gasteiger partial charge in [0, 0.05) is 5.56 Å². The number of benzene rings is 1. The van der Waals surface area contributed by atoms with Gasteiger partial charge in [-0.25, -0.2) is 10.1 Å². The summed E-state index contributed by atoms with van der Waals surface area (Å²) in [6.45, 7) is 2.60. The summed E-state index contributed by atoms with van der Waals surface area (Å²) in [5.41, 5.74) is 1.00. The zero-order valence-corrected chi connectivity index (χ0v) is 12.3. The lowest BCUT2D eigenvalue weighted by atomic mass is 10.2. The molecule has 0 amide bonds. The van der Waals surface area contributed by atoms with E-state index in [0.29, 0.717) is 12.5 Å². The van der Waals surface area contributed by atoms with Crippen LogP contribution in [0.3, 0.4) is 0 Å². The van der Waals surface area contributed by atoms with E-state index in [0.717, 1.165) is 21.2 Å². The molecule has 0 saturated carbocycles. The van der Waals surface area contributed by atoms with Crippen molar-refractivity contribution in [2.75, 3.05) is 6.61 Å². The summed E-state index contributed by atoms with van der Waals surface area (Å²) in [5, 5.41) is 7.47. The molecule has 0 atom stereocenters. The highest BCUT2D eigenvalue weighted by molar-refractivity contribution is 7.71. The number of rotatable bonds is 4. The first-order valence-electron chi connectivity index (χ1n) is 6.01. The number of aromatic nitrogens is 3. The molecule has 3 aromatic rings. The van der Waals surface area contributed by atoms with Crippen LogP contribution in [-0.2, 0) is 0 Å². The van der Waals surface area contributed by atoms with Crippen LogP contribution in [0.1, 0.15) is 6.92 Å². The fraction of sp³-hybridized carbons (Fsp3) is 0.154. The molecule has 0 radical (unpaired) electrons. The summed E-state index contributed by atoms with van der Waals surface area (Å²) in [4.78, 5) is 5.47. The number of H-pyrrole nitrogens is 1. The second kappa shape index (κ2) is 5.56. The molecule has 0 spiro atoms. The molecule has 3 rings (SSSR count). The van der Waals surface area contributed by atoms with Gasteiger partial charge >= 0.3 is 0 Å². The first-order chi connectivity index (χ1) is 9.76. The van der Waals surface area contributed by atoms with Crippen LogP contribution >= 0.6 is 23.6 Å². The van der Waals surface area contributed by atoms with Crippen molar-refractivity contribution in [3.05, 3.63) is 35.3 Å². The standard InChI is InChI=1S/C13H11N3O2S2/c1-2-17-9-5-3-4-8(6-9)12-14-7-10(20-12)11-15-16-13(19)18-11/h3-7H,2H2,1H3,(H,16,19). The summed E-state index contributed by atoms with van der Waals surface area (Å²) in [5.74, 6) is 1.29. The average molecular weight is 305 g/mol. The van der Waals surface area contributed by atoms with E-state index in [9.17, 15) is 0 Å². The number of thiazole rings is 1. The first kappa shape index (κ1) is 13.0. The van der Waals surface area contributed by atoms with Gasteiger partial charge in [0.05, 0.1) is 12.8 Å². The van der Waals surface area contributed by atoms with E-state index in [-0.39, 0.29) is 4.84 Å². The molecule has 1 N–H and O–H groups in total. The quantitative estimate of drug-likeness (QED) is 0.740. The Morgan fingerprint density at radius 2 is 2.35 bits per heavy atom. The van der Waals surface area contributed by atoms with Gasteiger partial charge in [0.1, 0.15) is 15.6 Å². The SMILES string of the molecule is CCOc1cccc(-c2ncc(-c3n[nH]c(=S)o3)s2)c1. The second-order valence-corrected chi connectivity index (χ2v) is 5.31. The van der Waals surface area contributed by atoms with Crippen molar-refractivity contribution in [1.29, 1.82) is 0 Å². The molecule has 0 unspecified atom stereocenters. The van der Waals surface area contributed by atoms with Gasteiger partial charge < -0.3 is 9.15 Å². The maximum Gasteiger partial charge on any atom is 0.284 e. The largest absolute Gasteiger partial charge is 0.494 e. The van der Waals surface area contributed by atoms with Gasteiger partial charge in [0.15, 0.2) is 0 Å². The molecule has 5 nitrogen and oxygen atoms in total. The van der Waals surface area contributed by atoms with Crippen LogP contribution in [0.4, 0.5) is 0 Å². The molecule has 20 heavy (non-hydrogen) atoms. The van der Waals surface area contributed by atoms with E-state index in [1.807, 2.05) is 31.2 Å². The Labute approximate surface area is 124 Å². The van der Waals surface area contributed by atoms with Gasteiger partial charge in [0.2, 0.25) is 0 Å². The molecule has 2 heterocycles. The molecule has 0 aliphatic rings. The van der Waals surface area contributed by atoms with Crippen molar-refractivity contribution < 1.29 is 9.15 Å². The fourth-order valence-corrected chi connectivity index (χ4v) is 2.69. The van der Waals surface area contributed by atoms with Gasteiger partial charge in [-0.05, 0) is 31.3 Å². The van der Waals surface area contributed by atoms with E-state index < -0.39 is 0 Å². The van der Waals surface area contributed by atoms with Crippen molar-refractivity contribution in [1.82, 2.24) is 15.2 Å². The number of hydrogen-bond donors (Lipinski definition) is 1. The normalized spacial score (nSPS) is 10.7. The highest BCUT2D eigenvalue weighted by atomic mass is 32.1. The first-order valence-corrected chi connectivity index (χ1v) is 7.23. The molecule has 2 aromatic heterocycles. The zero-order chi connectivity index (χ0) is 13.9. The predicted octanol–water partition coefficient (Wildman–Crippen LogP) is 3.92. The third kappa shape index (κ3) is 2.63. The number of nitrogens with zero attached hydrogens (tertiary/aromatic N) is 2. The molecule has 0 saturated heterocycles. The third-order valence-corrected chi connectivity index (χ3v) is 3.76. The summed E-state index contributed by atoms with van der Waals surface area (Å²) < 4.78 is 10.8. The summed E-state index contributed by atoms with van der Waals surface area (Å²) in [6, 6.07) is 7.83. The van der Waals surface area contributed by atoms with Gasteiger partial charge in [-0.3, -0.25) is 0 Å². The zero-order valence-electron chi connectivity index (χ0n) is 10.6. The third-order valence-electron chi connectivity index (χ3n) is 2.55. The smallest absolute Gasteiger partial charge is 0.284 e. The Hall–Kier alpha value is -1.99. The molecule has 7 heteroatoms. The van der Waals surface area contributed by atoms with E-state index >= 15 is 0 Å². The van der Waals surface area contributed by atoms with Gasteiger partial charge in [-0.2, -0.15) is 0 Å². The second-order valence-electron chi connectivity index (χ2n) is 3.91.